The van der Waals surface area contributed by atoms with Gasteiger partial charge in [0, 0.05) is 18.3 Å². The molecule has 1 amide bonds. The van der Waals surface area contributed by atoms with Gasteiger partial charge in [-0.1, -0.05) is 24.3 Å². The van der Waals surface area contributed by atoms with Crippen molar-refractivity contribution in [2.45, 2.75) is 19.4 Å². The highest BCUT2D eigenvalue weighted by atomic mass is 16.1. The molecule has 1 aromatic carbocycles. The number of benzene rings is 1. The molecule has 7 heteroatoms. The minimum absolute atomic E-state index is 0.00946. The van der Waals surface area contributed by atoms with E-state index in [4.69, 9.17) is 0 Å². The van der Waals surface area contributed by atoms with Crippen LogP contribution in [0.1, 0.15) is 17.0 Å². The van der Waals surface area contributed by atoms with Gasteiger partial charge in [-0.05, 0) is 24.0 Å². The lowest BCUT2D eigenvalue weighted by molar-refractivity contribution is -0.124. The van der Waals surface area contributed by atoms with Crippen molar-refractivity contribution in [1.29, 1.82) is 0 Å². The van der Waals surface area contributed by atoms with E-state index in [1.165, 1.54) is 11.1 Å². The fourth-order valence-electron chi connectivity index (χ4n) is 2.96. The molecule has 2 aromatic heterocycles. The largest absolute Gasteiger partial charge is 0.349 e. The van der Waals surface area contributed by atoms with Gasteiger partial charge in [0.05, 0.1) is 12.7 Å². The molecule has 0 unspecified atom stereocenters. The summed E-state index contributed by atoms with van der Waals surface area (Å²) < 4.78 is 0. The topological polar surface area (TPSA) is 96.5 Å². The summed E-state index contributed by atoms with van der Waals surface area (Å²) in [5.74, 6) is 1.11. The molecule has 7 nitrogen and oxygen atoms in total. The summed E-state index contributed by atoms with van der Waals surface area (Å²) in [5.41, 5.74) is 3.13. The maximum Gasteiger partial charge on any atom is 0.224 e. The second-order valence-electron chi connectivity index (χ2n) is 5.79. The molecule has 24 heavy (non-hydrogen) atoms. The van der Waals surface area contributed by atoms with E-state index in [0.717, 1.165) is 12.8 Å². The number of hydrogen-bond donors (Lipinski definition) is 2. The van der Waals surface area contributed by atoms with Gasteiger partial charge >= 0.3 is 0 Å². The third-order valence-corrected chi connectivity index (χ3v) is 4.18. The number of aromatic amines is 1. The summed E-state index contributed by atoms with van der Waals surface area (Å²) in [7, 11) is 0. The van der Waals surface area contributed by atoms with Crippen molar-refractivity contribution in [3.05, 3.63) is 59.8 Å². The van der Waals surface area contributed by atoms with Crippen molar-refractivity contribution in [2.75, 3.05) is 0 Å². The Labute approximate surface area is 138 Å². The van der Waals surface area contributed by atoms with Crippen molar-refractivity contribution < 1.29 is 4.79 Å². The molecule has 0 bridgehead atoms. The van der Waals surface area contributed by atoms with Crippen LogP contribution in [0.2, 0.25) is 0 Å². The van der Waals surface area contributed by atoms with Gasteiger partial charge in [-0.3, -0.25) is 14.9 Å². The zero-order valence-electron chi connectivity index (χ0n) is 12.9. The van der Waals surface area contributed by atoms with E-state index in [0.29, 0.717) is 23.9 Å². The number of nitrogens with zero attached hydrogens (tertiary/aromatic N) is 4. The van der Waals surface area contributed by atoms with E-state index in [1.807, 2.05) is 12.1 Å². The Bertz CT molecular complexity index is 835. The van der Waals surface area contributed by atoms with Crippen LogP contribution in [0.15, 0.2) is 42.9 Å². The number of amides is 1. The van der Waals surface area contributed by atoms with Gasteiger partial charge in [-0.25, -0.2) is 9.97 Å². The van der Waals surface area contributed by atoms with Crippen molar-refractivity contribution in [1.82, 2.24) is 30.5 Å². The van der Waals surface area contributed by atoms with E-state index < -0.39 is 0 Å². The molecule has 0 saturated heterocycles. The van der Waals surface area contributed by atoms with E-state index in [1.54, 1.807) is 18.6 Å². The van der Waals surface area contributed by atoms with Crippen LogP contribution in [0, 0.1) is 5.92 Å². The maximum absolute atomic E-state index is 12.4. The van der Waals surface area contributed by atoms with E-state index in [-0.39, 0.29) is 11.8 Å². The summed E-state index contributed by atoms with van der Waals surface area (Å²) in [4.78, 5) is 24.8. The summed E-state index contributed by atoms with van der Waals surface area (Å²) in [6.45, 7) is 0.318. The summed E-state index contributed by atoms with van der Waals surface area (Å²) in [6.07, 6.45) is 6.37. The lowest BCUT2D eigenvalue weighted by atomic mass is 10.1. The molecule has 0 saturated carbocycles. The van der Waals surface area contributed by atoms with Crippen molar-refractivity contribution >= 4 is 5.91 Å². The lowest BCUT2D eigenvalue weighted by Crippen LogP contribution is -2.31. The van der Waals surface area contributed by atoms with Crippen LogP contribution in [0.5, 0.6) is 0 Å². The number of H-pyrrole nitrogens is 1. The first kappa shape index (κ1) is 14.5. The summed E-state index contributed by atoms with van der Waals surface area (Å²) in [5, 5.41) is 9.86. The minimum atomic E-state index is -0.00946. The van der Waals surface area contributed by atoms with Crippen molar-refractivity contribution in [2.24, 2.45) is 5.92 Å². The third kappa shape index (κ3) is 2.88. The smallest absolute Gasteiger partial charge is 0.224 e. The molecule has 0 atom stereocenters. The molecule has 3 aromatic rings. The minimum Gasteiger partial charge on any atom is -0.349 e. The highest BCUT2D eigenvalue weighted by Gasteiger charge is 2.26. The molecule has 1 aliphatic rings. The fraction of sp³-hybridized carbons (Fsp3) is 0.235. The summed E-state index contributed by atoms with van der Waals surface area (Å²) in [6, 6.07) is 8.21. The van der Waals surface area contributed by atoms with E-state index in [2.05, 4.69) is 42.6 Å². The second-order valence-corrected chi connectivity index (χ2v) is 5.79. The second kappa shape index (κ2) is 6.19. The number of nitrogens with one attached hydrogen (secondary N) is 2. The molecule has 0 fully saturated rings. The molecular weight excluding hydrogens is 304 g/mol. The summed E-state index contributed by atoms with van der Waals surface area (Å²) >= 11 is 0. The number of carbonyl (C=O) groups excluding carboxylic acids is 1. The Balaban J connectivity index is 1.36. The van der Waals surface area contributed by atoms with Crippen LogP contribution in [-0.4, -0.2) is 31.1 Å². The number of hydrogen-bond acceptors (Lipinski definition) is 5. The third-order valence-electron chi connectivity index (χ3n) is 4.18. The monoisotopic (exact) mass is 320 g/mol. The fourth-order valence-corrected chi connectivity index (χ4v) is 2.96. The molecule has 120 valence electrons. The molecule has 4 rings (SSSR count). The first-order valence-electron chi connectivity index (χ1n) is 7.82. The number of fused-ring (bicyclic) bond motifs is 1. The quantitative estimate of drug-likeness (QED) is 0.755. The van der Waals surface area contributed by atoms with Crippen molar-refractivity contribution in [3.63, 3.8) is 0 Å². The SMILES string of the molecule is O=C(NCc1nc(-c2cnccn2)n[nH]1)C1Cc2ccccc2C1. The highest BCUT2D eigenvalue weighted by Crippen LogP contribution is 2.26. The Hall–Kier alpha value is -3.09. The van der Waals surface area contributed by atoms with Crippen LogP contribution in [-0.2, 0) is 24.2 Å². The van der Waals surface area contributed by atoms with E-state index in [9.17, 15) is 4.79 Å². The predicted molar refractivity (Wildman–Crippen MR) is 86.6 cm³/mol. The Kier molecular flexibility index (Phi) is 3.74. The van der Waals surface area contributed by atoms with Crippen LogP contribution in [0.3, 0.4) is 0 Å². The first-order chi connectivity index (χ1) is 11.8. The highest BCUT2D eigenvalue weighted by molar-refractivity contribution is 5.80. The zero-order chi connectivity index (χ0) is 16.4. The molecule has 0 spiro atoms. The van der Waals surface area contributed by atoms with Gasteiger partial charge < -0.3 is 5.32 Å². The number of aromatic nitrogens is 5. The van der Waals surface area contributed by atoms with E-state index >= 15 is 0 Å². The molecule has 2 N–H and O–H groups in total. The molecular formula is C17H16N6O. The first-order valence-corrected chi connectivity index (χ1v) is 7.82. The van der Waals surface area contributed by atoms with Gasteiger partial charge in [0.15, 0.2) is 0 Å². The molecule has 0 aliphatic heterocycles. The molecule has 1 aliphatic carbocycles. The van der Waals surface area contributed by atoms with Crippen LogP contribution >= 0.6 is 0 Å². The van der Waals surface area contributed by atoms with Crippen LogP contribution in [0.25, 0.3) is 11.5 Å². The van der Waals surface area contributed by atoms with Gasteiger partial charge in [0.25, 0.3) is 0 Å². The number of rotatable bonds is 4. The maximum atomic E-state index is 12.4. The van der Waals surface area contributed by atoms with Gasteiger partial charge in [0.1, 0.15) is 11.5 Å². The Morgan fingerprint density at radius 3 is 2.71 bits per heavy atom. The van der Waals surface area contributed by atoms with Crippen LogP contribution < -0.4 is 5.32 Å². The predicted octanol–water partition coefficient (Wildman–Crippen LogP) is 1.29. The molecule has 2 heterocycles. The lowest BCUT2D eigenvalue weighted by Gasteiger charge is -2.08. The molecule has 0 radical (unpaired) electrons. The van der Waals surface area contributed by atoms with Gasteiger partial charge in [-0.2, -0.15) is 5.10 Å². The van der Waals surface area contributed by atoms with Crippen molar-refractivity contribution in [3.8, 4) is 11.5 Å². The Morgan fingerprint density at radius 1 is 1.21 bits per heavy atom. The van der Waals surface area contributed by atoms with Gasteiger partial charge in [0.2, 0.25) is 11.7 Å². The standard InChI is InChI=1S/C17H16N6O/c24-17(13-7-11-3-1-2-4-12(11)8-13)20-10-15-21-16(23-22-15)14-9-18-5-6-19-14/h1-6,9,13H,7-8,10H2,(H,20,24)(H,21,22,23). The van der Waals surface area contributed by atoms with Gasteiger partial charge in [-0.15, -0.1) is 0 Å². The average molecular weight is 320 g/mol. The number of carbonyl (C=O) groups is 1. The zero-order valence-corrected chi connectivity index (χ0v) is 12.9. The average Bonchev–Trinajstić information content (AvgIpc) is 3.27. The Morgan fingerprint density at radius 2 is 2.00 bits per heavy atom. The normalized spacial score (nSPS) is 13.7. The van der Waals surface area contributed by atoms with Crippen LogP contribution in [0.4, 0.5) is 0 Å².